The van der Waals surface area contributed by atoms with Crippen molar-refractivity contribution in [1.29, 1.82) is 0 Å². The minimum absolute atomic E-state index is 0.113. The van der Waals surface area contributed by atoms with Crippen molar-refractivity contribution in [3.05, 3.63) is 51.9 Å². The lowest BCUT2D eigenvalue weighted by Gasteiger charge is -2.10. The molecule has 2 rings (SSSR count). The van der Waals surface area contributed by atoms with Crippen LogP contribution in [0.1, 0.15) is 15.9 Å². The van der Waals surface area contributed by atoms with Crippen LogP contribution in [0.25, 0.3) is 0 Å². The molecule has 0 bridgehead atoms. The molecule has 2 aromatic rings. The molecule has 0 atom stereocenters. The smallest absolute Gasteiger partial charge is 0.337 e. The number of aromatic nitrogens is 1. The lowest BCUT2D eigenvalue weighted by Crippen LogP contribution is -2.00. The van der Waals surface area contributed by atoms with Gasteiger partial charge in [-0.1, -0.05) is 0 Å². The summed E-state index contributed by atoms with van der Waals surface area (Å²) in [7, 11) is 0. The first-order valence-corrected chi connectivity index (χ1v) is 6.18. The largest absolute Gasteiger partial charge is 0.478 e. The van der Waals surface area contributed by atoms with Gasteiger partial charge in [-0.25, -0.2) is 14.2 Å². The number of nitrogens with zero attached hydrogens (tertiary/aromatic N) is 1. The Bertz CT molecular complexity index is 629. The Balaban J connectivity index is 2.26. The summed E-state index contributed by atoms with van der Waals surface area (Å²) in [5, 5.41) is 11.8. The standard InChI is InChI=1S/C13H10BrFN2O2/c1-7-4-10(15)9(14)5-11(7)17-12-3-2-8(6-16-12)13(18)19/h2-6H,1H3,(H,16,17)(H,18,19). The summed E-state index contributed by atoms with van der Waals surface area (Å²) in [6.45, 7) is 1.77. The van der Waals surface area contributed by atoms with Crippen molar-refractivity contribution in [2.45, 2.75) is 6.92 Å². The summed E-state index contributed by atoms with van der Waals surface area (Å²) in [5.74, 6) is -0.872. The summed E-state index contributed by atoms with van der Waals surface area (Å²) in [4.78, 5) is 14.7. The quantitative estimate of drug-likeness (QED) is 0.902. The van der Waals surface area contributed by atoms with Crippen LogP contribution in [0.2, 0.25) is 0 Å². The number of pyridine rings is 1. The predicted molar refractivity (Wildman–Crippen MR) is 73.3 cm³/mol. The molecule has 98 valence electrons. The number of carboxylic acid groups (broad SMARTS) is 1. The number of carboxylic acids is 1. The molecule has 0 aliphatic carbocycles. The zero-order chi connectivity index (χ0) is 14.0. The number of hydrogen-bond donors (Lipinski definition) is 2. The van der Waals surface area contributed by atoms with Crippen LogP contribution in [-0.4, -0.2) is 16.1 Å². The fraction of sp³-hybridized carbons (Fsp3) is 0.0769. The topological polar surface area (TPSA) is 62.2 Å². The van der Waals surface area contributed by atoms with E-state index in [1.54, 1.807) is 19.1 Å². The molecule has 0 saturated carbocycles. The second kappa shape index (κ2) is 5.36. The van der Waals surface area contributed by atoms with Crippen LogP contribution in [-0.2, 0) is 0 Å². The van der Waals surface area contributed by atoms with E-state index < -0.39 is 5.97 Å². The van der Waals surface area contributed by atoms with E-state index in [0.29, 0.717) is 16.0 Å². The molecule has 0 unspecified atom stereocenters. The molecule has 6 heteroatoms. The molecule has 1 aromatic carbocycles. The maximum atomic E-state index is 13.3. The van der Waals surface area contributed by atoms with Gasteiger partial charge in [0, 0.05) is 11.9 Å². The highest BCUT2D eigenvalue weighted by atomic mass is 79.9. The van der Waals surface area contributed by atoms with Gasteiger partial charge in [0.25, 0.3) is 0 Å². The number of anilines is 2. The van der Waals surface area contributed by atoms with Crippen LogP contribution in [0.4, 0.5) is 15.9 Å². The number of hydrogen-bond acceptors (Lipinski definition) is 3. The van der Waals surface area contributed by atoms with Gasteiger partial charge >= 0.3 is 5.97 Å². The highest BCUT2D eigenvalue weighted by Gasteiger charge is 2.07. The van der Waals surface area contributed by atoms with Gasteiger partial charge in [-0.3, -0.25) is 0 Å². The van der Waals surface area contributed by atoms with E-state index in [1.807, 2.05) is 0 Å². The average molecular weight is 325 g/mol. The van der Waals surface area contributed by atoms with E-state index in [9.17, 15) is 9.18 Å². The Morgan fingerprint density at radius 3 is 2.74 bits per heavy atom. The lowest BCUT2D eigenvalue weighted by molar-refractivity contribution is 0.0696. The van der Waals surface area contributed by atoms with Crippen LogP contribution in [0.15, 0.2) is 34.9 Å². The SMILES string of the molecule is Cc1cc(F)c(Br)cc1Nc1ccc(C(=O)O)cn1. The third kappa shape index (κ3) is 3.08. The Hall–Kier alpha value is -1.95. The van der Waals surface area contributed by atoms with E-state index in [2.05, 4.69) is 26.2 Å². The lowest BCUT2D eigenvalue weighted by atomic mass is 10.2. The Labute approximate surface area is 117 Å². The molecule has 0 aliphatic heterocycles. The molecule has 4 nitrogen and oxygen atoms in total. The zero-order valence-corrected chi connectivity index (χ0v) is 11.5. The fourth-order valence-electron chi connectivity index (χ4n) is 1.51. The molecule has 0 fully saturated rings. The van der Waals surface area contributed by atoms with Gasteiger partial charge < -0.3 is 10.4 Å². The second-order valence-corrected chi connectivity index (χ2v) is 4.80. The van der Waals surface area contributed by atoms with Gasteiger partial charge in [0.05, 0.1) is 10.0 Å². The summed E-state index contributed by atoms with van der Waals surface area (Å²) in [6.07, 6.45) is 1.26. The first kappa shape index (κ1) is 13.5. The fourth-order valence-corrected chi connectivity index (χ4v) is 1.86. The summed E-state index contributed by atoms with van der Waals surface area (Å²) >= 11 is 3.11. The number of benzene rings is 1. The van der Waals surface area contributed by atoms with Crippen molar-refractivity contribution in [3.8, 4) is 0 Å². The average Bonchev–Trinajstić information content (AvgIpc) is 2.36. The van der Waals surface area contributed by atoms with E-state index in [-0.39, 0.29) is 11.4 Å². The molecule has 0 saturated heterocycles. The molecule has 0 spiro atoms. The van der Waals surface area contributed by atoms with E-state index >= 15 is 0 Å². The molecule has 19 heavy (non-hydrogen) atoms. The van der Waals surface area contributed by atoms with E-state index in [4.69, 9.17) is 5.11 Å². The predicted octanol–water partition coefficient (Wildman–Crippen LogP) is 3.73. The van der Waals surface area contributed by atoms with Crippen molar-refractivity contribution in [2.24, 2.45) is 0 Å². The summed E-state index contributed by atoms with van der Waals surface area (Å²) < 4.78 is 13.6. The van der Waals surface area contributed by atoms with Crippen LogP contribution in [0.3, 0.4) is 0 Å². The van der Waals surface area contributed by atoms with Crippen molar-refractivity contribution in [3.63, 3.8) is 0 Å². The number of carbonyl (C=O) groups is 1. The number of nitrogens with one attached hydrogen (secondary N) is 1. The number of rotatable bonds is 3. The van der Waals surface area contributed by atoms with Gasteiger partial charge in [0.2, 0.25) is 0 Å². The number of aryl methyl sites for hydroxylation is 1. The highest BCUT2D eigenvalue weighted by molar-refractivity contribution is 9.10. The third-order valence-corrected chi connectivity index (χ3v) is 3.15. The van der Waals surface area contributed by atoms with Crippen molar-refractivity contribution in [2.75, 3.05) is 5.32 Å². The van der Waals surface area contributed by atoms with Gasteiger partial charge in [0.1, 0.15) is 11.6 Å². The minimum atomic E-state index is -1.03. The molecule has 0 radical (unpaired) electrons. The van der Waals surface area contributed by atoms with Gasteiger partial charge in [-0.05, 0) is 52.7 Å². The summed E-state index contributed by atoms with van der Waals surface area (Å²) in [6, 6.07) is 6.02. The van der Waals surface area contributed by atoms with Crippen LogP contribution < -0.4 is 5.32 Å². The van der Waals surface area contributed by atoms with Crippen molar-refractivity contribution in [1.82, 2.24) is 4.98 Å². The molecule has 0 aliphatic rings. The summed E-state index contributed by atoms with van der Waals surface area (Å²) in [5.41, 5.74) is 1.54. The number of aromatic carboxylic acids is 1. The molecular formula is C13H10BrFN2O2. The molecule has 1 heterocycles. The molecule has 1 aromatic heterocycles. The molecule has 2 N–H and O–H groups in total. The normalized spacial score (nSPS) is 10.3. The Kier molecular flexibility index (Phi) is 3.80. The van der Waals surface area contributed by atoms with Gasteiger partial charge in [-0.15, -0.1) is 0 Å². The van der Waals surface area contributed by atoms with Crippen molar-refractivity contribution < 1.29 is 14.3 Å². The number of halogens is 2. The van der Waals surface area contributed by atoms with Crippen LogP contribution in [0, 0.1) is 12.7 Å². The second-order valence-electron chi connectivity index (χ2n) is 3.94. The first-order valence-electron chi connectivity index (χ1n) is 5.39. The van der Waals surface area contributed by atoms with Gasteiger partial charge in [0.15, 0.2) is 0 Å². The molecular weight excluding hydrogens is 315 g/mol. The van der Waals surface area contributed by atoms with E-state index in [0.717, 1.165) is 5.56 Å². The zero-order valence-electron chi connectivity index (χ0n) is 9.95. The molecule has 0 amide bonds. The maximum Gasteiger partial charge on any atom is 0.337 e. The monoisotopic (exact) mass is 324 g/mol. The maximum absolute atomic E-state index is 13.3. The minimum Gasteiger partial charge on any atom is -0.478 e. The van der Waals surface area contributed by atoms with Crippen LogP contribution >= 0.6 is 15.9 Å². The highest BCUT2D eigenvalue weighted by Crippen LogP contribution is 2.26. The third-order valence-electron chi connectivity index (χ3n) is 2.54. The Morgan fingerprint density at radius 1 is 1.42 bits per heavy atom. The van der Waals surface area contributed by atoms with Crippen molar-refractivity contribution >= 4 is 33.4 Å². The van der Waals surface area contributed by atoms with Crippen LogP contribution in [0.5, 0.6) is 0 Å². The van der Waals surface area contributed by atoms with E-state index in [1.165, 1.54) is 18.3 Å². The van der Waals surface area contributed by atoms with Gasteiger partial charge in [-0.2, -0.15) is 0 Å². The first-order chi connectivity index (χ1) is 8.97. The Morgan fingerprint density at radius 2 is 2.16 bits per heavy atom.